The van der Waals surface area contributed by atoms with Gasteiger partial charge in [0.25, 0.3) is 0 Å². The number of nitriles is 2. The number of hydrogen-bond donors (Lipinski definition) is 1. The van der Waals surface area contributed by atoms with Gasteiger partial charge in [0.05, 0.1) is 27.3 Å². The molecule has 23 heavy (non-hydrogen) atoms. The van der Waals surface area contributed by atoms with E-state index in [0.29, 0.717) is 10.9 Å². The average molecular weight is 319 g/mol. The monoisotopic (exact) mass is 319 g/mol. The molecule has 3 rings (SSSR count). The summed E-state index contributed by atoms with van der Waals surface area (Å²) in [4.78, 5) is 8.37. The molecule has 5 nitrogen and oxygen atoms in total. The summed E-state index contributed by atoms with van der Waals surface area (Å²) < 4.78 is 0. The molecule has 0 spiro atoms. The first-order valence-corrected chi connectivity index (χ1v) is 7.67. The predicted molar refractivity (Wildman–Crippen MR) is 90.8 cm³/mol. The van der Waals surface area contributed by atoms with E-state index in [0.717, 1.165) is 26.5 Å². The van der Waals surface area contributed by atoms with Crippen LogP contribution in [-0.2, 0) is 0 Å². The van der Waals surface area contributed by atoms with Crippen LogP contribution in [0, 0.1) is 22.7 Å². The van der Waals surface area contributed by atoms with Gasteiger partial charge < -0.3 is 10.6 Å². The van der Waals surface area contributed by atoms with Crippen molar-refractivity contribution in [1.82, 2.24) is 0 Å². The minimum atomic E-state index is 0.0919. The van der Waals surface area contributed by atoms with Gasteiger partial charge in [-0.15, -0.1) is 0 Å². The Morgan fingerprint density at radius 3 is 2.57 bits per heavy atom. The van der Waals surface area contributed by atoms with E-state index in [1.54, 1.807) is 6.07 Å². The Kier molecular flexibility index (Phi) is 3.69. The number of anilines is 2. The zero-order valence-electron chi connectivity index (χ0n) is 12.7. The molecule has 1 aliphatic heterocycles. The minimum Gasteiger partial charge on any atom is -0.396 e. The van der Waals surface area contributed by atoms with Gasteiger partial charge in [-0.25, -0.2) is 4.99 Å². The fraction of sp³-hybridized carbons (Fsp3) is 0.118. The highest BCUT2D eigenvalue weighted by Crippen LogP contribution is 2.44. The van der Waals surface area contributed by atoms with Crippen LogP contribution in [0.3, 0.4) is 0 Å². The van der Waals surface area contributed by atoms with Crippen LogP contribution in [0.25, 0.3) is 5.57 Å². The number of nitrogens with two attached hydrogens (primary N) is 1. The minimum absolute atomic E-state index is 0.0919. The molecule has 0 fully saturated rings. The molecule has 0 bridgehead atoms. The van der Waals surface area contributed by atoms with E-state index in [1.807, 2.05) is 55.4 Å². The van der Waals surface area contributed by atoms with E-state index in [9.17, 15) is 0 Å². The molecule has 2 aromatic rings. The summed E-state index contributed by atoms with van der Waals surface area (Å²) in [5, 5.41) is 19.5. The van der Waals surface area contributed by atoms with E-state index in [4.69, 9.17) is 16.3 Å². The Bertz CT molecular complexity index is 993. The second kappa shape index (κ2) is 5.68. The Morgan fingerprint density at radius 1 is 1.17 bits per heavy atom. The second-order valence-electron chi connectivity index (χ2n) is 5.24. The van der Waals surface area contributed by atoms with Crippen LogP contribution in [0.4, 0.5) is 17.1 Å². The first-order valence-electron chi connectivity index (χ1n) is 6.86. The lowest BCUT2D eigenvalue weighted by Crippen LogP contribution is -2.16. The summed E-state index contributed by atoms with van der Waals surface area (Å²) in [5.74, 6) is 0. The van der Waals surface area contributed by atoms with E-state index >= 15 is 0 Å². The van der Waals surface area contributed by atoms with Crippen LogP contribution in [-0.4, -0.2) is 14.1 Å². The lowest BCUT2D eigenvalue weighted by Gasteiger charge is -2.20. The fourth-order valence-corrected chi connectivity index (χ4v) is 3.46. The molecule has 0 amide bonds. The van der Waals surface area contributed by atoms with Crippen molar-refractivity contribution in [1.29, 1.82) is 10.5 Å². The van der Waals surface area contributed by atoms with Gasteiger partial charge in [-0.2, -0.15) is 10.5 Å². The van der Waals surface area contributed by atoms with Gasteiger partial charge in [0.1, 0.15) is 17.7 Å². The first-order chi connectivity index (χ1) is 11.0. The fourth-order valence-electron chi connectivity index (χ4n) is 2.40. The molecule has 0 radical (unpaired) electrons. The highest BCUT2D eigenvalue weighted by Gasteiger charge is 2.17. The first kappa shape index (κ1) is 15.0. The number of rotatable bonds is 1. The maximum Gasteiger partial charge on any atom is 0.136 e. The van der Waals surface area contributed by atoms with Gasteiger partial charge in [0.15, 0.2) is 0 Å². The van der Waals surface area contributed by atoms with Gasteiger partial charge in [0, 0.05) is 24.2 Å². The third kappa shape index (κ3) is 2.50. The summed E-state index contributed by atoms with van der Waals surface area (Å²) in [6.07, 6.45) is 0. The molecule has 1 heterocycles. The number of nitrogens with zero attached hydrogens (tertiary/aromatic N) is 4. The summed E-state index contributed by atoms with van der Waals surface area (Å²) >= 11 is 1.52. The SMILES string of the molecule is CN(C)c1ccc2c(c1N)Sc1cc(=C(C#N)C#N)ccc1=N2. The molecular formula is C17H13N5S. The summed E-state index contributed by atoms with van der Waals surface area (Å²) in [5.41, 5.74) is 8.83. The van der Waals surface area contributed by atoms with Crippen molar-refractivity contribution >= 4 is 34.4 Å². The van der Waals surface area contributed by atoms with Crippen LogP contribution < -0.4 is 21.2 Å². The Balaban J connectivity index is 2.23. The van der Waals surface area contributed by atoms with Crippen molar-refractivity contribution in [2.45, 2.75) is 9.79 Å². The van der Waals surface area contributed by atoms with Gasteiger partial charge in [-0.1, -0.05) is 17.8 Å². The van der Waals surface area contributed by atoms with Gasteiger partial charge >= 0.3 is 0 Å². The normalized spacial score (nSPS) is 11.3. The summed E-state index contributed by atoms with van der Waals surface area (Å²) in [6.45, 7) is 0. The molecule has 112 valence electrons. The molecular weight excluding hydrogens is 306 g/mol. The lowest BCUT2D eigenvalue weighted by atomic mass is 10.2. The maximum absolute atomic E-state index is 9.02. The zero-order valence-corrected chi connectivity index (χ0v) is 13.5. The van der Waals surface area contributed by atoms with Crippen LogP contribution in [0.2, 0.25) is 0 Å². The van der Waals surface area contributed by atoms with Crippen molar-refractivity contribution in [2.75, 3.05) is 24.7 Å². The van der Waals surface area contributed by atoms with Crippen LogP contribution in [0.1, 0.15) is 0 Å². The van der Waals surface area contributed by atoms with Crippen molar-refractivity contribution in [3.63, 3.8) is 0 Å². The van der Waals surface area contributed by atoms with Crippen molar-refractivity contribution in [3.05, 3.63) is 40.9 Å². The number of benzene rings is 2. The third-order valence-electron chi connectivity index (χ3n) is 3.56. The van der Waals surface area contributed by atoms with E-state index in [2.05, 4.69) is 4.99 Å². The van der Waals surface area contributed by atoms with Gasteiger partial charge in [-0.3, -0.25) is 0 Å². The topological polar surface area (TPSA) is 89.2 Å². The quantitative estimate of drug-likeness (QED) is 0.692. The van der Waals surface area contributed by atoms with E-state index in [-0.39, 0.29) is 5.57 Å². The predicted octanol–water partition coefficient (Wildman–Crippen LogP) is 1.95. The molecule has 0 saturated carbocycles. The number of fused-ring (bicyclic) bond motifs is 2. The van der Waals surface area contributed by atoms with Crippen LogP contribution in [0.15, 0.2) is 45.1 Å². The van der Waals surface area contributed by atoms with E-state index in [1.165, 1.54) is 11.8 Å². The molecule has 0 aliphatic carbocycles. The third-order valence-corrected chi connectivity index (χ3v) is 4.74. The van der Waals surface area contributed by atoms with E-state index < -0.39 is 0 Å². The molecule has 0 aromatic heterocycles. The largest absolute Gasteiger partial charge is 0.396 e. The average Bonchev–Trinajstić information content (AvgIpc) is 2.54. The van der Waals surface area contributed by atoms with Crippen molar-refractivity contribution in [3.8, 4) is 12.1 Å². The van der Waals surface area contributed by atoms with Crippen LogP contribution >= 0.6 is 11.8 Å². The molecule has 1 aliphatic rings. The molecule has 0 atom stereocenters. The van der Waals surface area contributed by atoms with Crippen LogP contribution in [0.5, 0.6) is 0 Å². The second-order valence-corrected chi connectivity index (χ2v) is 6.29. The zero-order chi connectivity index (χ0) is 16.6. The Hall–Kier alpha value is -2.96. The number of hydrogen-bond acceptors (Lipinski definition) is 6. The number of nitrogen functional groups attached to an aromatic ring is 1. The molecule has 6 heteroatoms. The maximum atomic E-state index is 9.02. The highest BCUT2D eigenvalue weighted by molar-refractivity contribution is 7.99. The summed E-state index contributed by atoms with van der Waals surface area (Å²) in [7, 11) is 3.88. The smallest absolute Gasteiger partial charge is 0.136 e. The molecule has 2 aromatic carbocycles. The van der Waals surface area contributed by atoms with Gasteiger partial charge in [-0.05, 0) is 24.3 Å². The van der Waals surface area contributed by atoms with Crippen molar-refractivity contribution in [2.24, 2.45) is 4.99 Å². The molecule has 2 N–H and O–H groups in total. The standard InChI is InChI=1S/C17H13N5S/c1-22(2)14-6-5-13-17(16(14)20)23-15-7-10(11(8-18)9-19)3-4-12(15)21-13/h3-7H,20H2,1-2H3. The highest BCUT2D eigenvalue weighted by atomic mass is 32.2. The van der Waals surface area contributed by atoms with Gasteiger partial charge in [0.2, 0.25) is 0 Å². The summed E-state index contributed by atoms with van der Waals surface area (Å²) in [6, 6.07) is 13.1. The Morgan fingerprint density at radius 2 is 1.91 bits per heavy atom. The Labute approximate surface area is 138 Å². The lowest BCUT2D eigenvalue weighted by molar-refractivity contribution is 1.11. The van der Waals surface area contributed by atoms with Crippen molar-refractivity contribution < 1.29 is 0 Å². The molecule has 0 unspecified atom stereocenters. The molecule has 0 saturated heterocycles.